The van der Waals surface area contributed by atoms with Crippen LogP contribution in [0.1, 0.15) is 17.7 Å². The standard InChI is InChI=1S/C19H21ClN4O2/c20-15-4-2-5-16(12-15)26-13-19(25)24-9-7-23(8-10-24)18-11-14-3-1-6-17(14)21-22-18/h2,4-5,11-12H,1,3,6-10,13H2. The van der Waals surface area contributed by atoms with Crippen LogP contribution in [0, 0.1) is 0 Å². The molecule has 0 atom stereocenters. The fraction of sp³-hybridized carbons (Fsp3) is 0.421. The first-order chi connectivity index (χ1) is 12.7. The number of halogens is 1. The molecule has 1 aromatic heterocycles. The fourth-order valence-electron chi connectivity index (χ4n) is 3.45. The summed E-state index contributed by atoms with van der Waals surface area (Å²) in [5.41, 5.74) is 2.46. The molecule has 2 heterocycles. The van der Waals surface area contributed by atoms with Gasteiger partial charge in [0, 0.05) is 31.2 Å². The number of piperazine rings is 1. The average Bonchev–Trinajstić information content (AvgIpc) is 3.14. The molecule has 0 N–H and O–H groups in total. The van der Waals surface area contributed by atoms with Crippen molar-refractivity contribution in [1.29, 1.82) is 0 Å². The molecule has 7 heteroatoms. The Bertz CT molecular complexity index is 806. The van der Waals surface area contributed by atoms with E-state index in [1.165, 1.54) is 12.0 Å². The van der Waals surface area contributed by atoms with Gasteiger partial charge in [-0.2, -0.15) is 5.10 Å². The lowest BCUT2D eigenvalue weighted by Crippen LogP contribution is -2.50. The van der Waals surface area contributed by atoms with Crippen LogP contribution in [0.3, 0.4) is 0 Å². The molecule has 0 spiro atoms. The lowest BCUT2D eigenvalue weighted by Gasteiger charge is -2.35. The Balaban J connectivity index is 1.29. The third kappa shape index (κ3) is 3.75. The summed E-state index contributed by atoms with van der Waals surface area (Å²) >= 11 is 5.93. The minimum atomic E-state index is -0.00957. The van der Waals surface area contributed by atoms with Crippen molar-refractivity contribution in [1.82, 2.24) is 15.1 Å². The molecule has 2 aromatic rings. The van der Waals surface area contributed by atoms with Gasteiger partial charge in [-0.3, -0.25) is 4.79 Å². The monoisotopic (exact) mass is 372 g/mol. The number of benzene rings is 1. The maximum absolute atomic E-state index is 12.4. The second-order valence-electron chi connectivity index (χ2n) is 6.64. The van der Waals surface area contributed by atoms with E-state index < -0.39 is 0 Å². The van der Waals surface area contributed by atoms with Crippen LogP contribution in [0.2, 0.25) is 5.02 Å². The predicted molar refractivity (Wildman–Crippen MR) is 99.8 cm³/mol. The summed E-state index contributed by atoms with van der Waals surface area (Å²) in [6.45, 7) is 2.87. The number of hydrogen-bond acceptors (Lipinski definition) is 5. The average molecular weight is 373 g/mol. The van der Waals surface area contributed by atoms with Crippen molar-refractivity contribution in [3.63, 3.8) is 0 Å². The number of ether oxygens (including phenoxy) is 1. The van der Waals surface area contributed by atoms with Crippen LogP contribution in [0.25, 0.3) is 0 Å². The van der Waals surface area contributed by atoms with Crippen LogP contribution in [-0.2, 0) is 17.6 Å². The number of nitrogens with zero attached hydrogens (tertiary/aromatic N) is 4. The Labute approximate surface area is 157 Å². The van der Waals surface area contributed by atoms with E-state index in [1.807, 2.05) is 4.90 Å². The van der Waals surface area contributed by atoms with Crippen LogP contribution in [0.15, 0.2) is 30.3 Å². The van der Waals surface area contributed by atoms with Gasteiger partial charge in [-0.05, 0) is 49.1 Å². The first-order valence-electron chi connectivity index (χ1n) is 8.95. The van der Waals surface area contributed by atoms with Crippen molar-refractivity contribution in [3.05, 3.63) is 46.6 Å². The summed E-state index contributed by atoms with van der Waals surface area (Å²) in [5, 5.41) is 9.32. The van der Waals surface area contributed by atoms with Crippen LogP contribution < -0.4 is 9.64 Å². The first kappa shape index (κ1) is 17.1. The zero-order valence-corrected chi connectivity index (χ0v) is 15.3. The molecule has 0 unspecified atom stereocenters. The summed E-state index contributed by atoms with van der Waals surface area (Å²) in [4.78, 5) is 16.4. The van der Waals surface area contributed by atoms with E-state index in [0.29, 0.717) is 23.9 Å². The molecular formula is C19H21ClN4O2. The lowest BCUT2D eigenvalue weighted by molar-refractivity contribution is -0.133. The van der Waals surface area contributed by atoms with E-state index >= 15 is 0 Å². The number of aryl methyl sites for hydroxylation is 2. The quantitative estimate of drug-likeness (QED) is 0.824. The van der Waals surface area contributed by atoms with E-state index in [-0.39, 0.29) is 12.5 Å². The summed E-state index contributed by atoms with van der Waals surface area (Å²) in [7, 11) is 0. The Morgan fingerprint density at radius 2 is 1.96 bits per heavy atom. The lowest BCUT2D eigenvalue weighted by atomic mass is 10.2. The van der Waals surface area contributed by atoms with E-state index in [2.05, 4.69) is 21.2 Å². The number of carbonyl (C=O) groups is 1. The molecule has 0 bridgehead atoms. The summed E-state index contributed by atoms with van der Waals surface area (Å²) in [6, 6.07) is 9.24. The smallest absolute Gasteiger partial charge is 0.260 e. The molecule has 0 saturated carbocycles. The highest BCUT2D eigenvalue weighted by molar-refractivity contribution is 6.30. The van der Waals surface area contributed by atoms with Gasteiger partial charge in [0.2, 0.25) is 0 Å². The van der Waals surface area contributed by atoms with Gasteiger partial charge < -0.3 is 14.5 Å². The van der Waals surface area contributed by atoms with E-state index in [4.69, 9.17) is 16.3 Å². The minimum Gasteiger partial charge on any atom is -0.484 e. The highest BCUT2D eigenvalue weighted by atomic mass is 35.5. The number of amides is 1. The zero-order chi connectivity index (χ0) is 17.9. The topological polar surface area (TPSA) is 58.6 Å². The van der Waals surface area contributed by atoms with Gasteiger partial charge in [-0.15, -0.1) is 5.10 Å². The van der Waals surface area contributed by atoms with Gasteiger partial charge in [0.05, 0.1) is 5.69 Å². The van der Waals surface area contributed by atoms with E-state index in [9.17, 15) is 4.79 Å². The van der Waals surface area contributed by atoms with Gasteiger partial charge >= 0.3 is 0 Å². The molecule has 4 rings (SSSR count). The maximum Gasteiger partial charge on any atom is 0.260 e. The largest absolute Gasteiger partial charge is 0.484 e. The number of hydrogen-bond donors (Lipinski definition) is 0. The van der Waals surface area contributed by atoms with Gasteiger partial charge in [-0.1, -0.05) is 17.7 Å². The molecule has 1 aromatic carbocycles. The van der Waals surface area contributed by atoms with Crippen LogP contribution in [0.4, 0.5) is 5.82 Å². The highest BCUT2D eigenvalue weighted by Gasteiger charge is 2.23. The van der Waals surface area contributed by atoms with Crippen molar-refractivity contribution in [2.24, 2.45) is 0 Å². The minimum absolute atomic E-state index is 0.00957. The third-order valence-corrected chi connectivity index (χ3v) is 5.16. The Morgan fingerprint density at radius 1 is 1.12 bits per heavy atom. The first-order valence-corrected chi connectivity index (χ1v) is 9.33. The molecule has 1 fully saturated rings. The normalized spacial score (nSPS) is 16.5. The molecular weight excluding hydrogens is 352 g/mol. The zero-order valence-electron chi connectivity index (χ0n) is 14.5. The molecule has 26 heavy (non-hydrogen) atoms. The van der Waals surface area contributed by atoms with Gasteiger partial charge in [0.15, 0.2) is 12.4 Å². The summed E-state index contributed by atoms with van der Waals surface area (Å²) in [5.74, 6) is 1.52. The summed E-state index contributed by atoms with van der Waals surface area (Å²) in [6.07, 6.45) is 3.30. The van der Waals surface area contributed by atoms with Crippen molar-refractivity contribution in [2.75, 3.05) is 37.7 Å². The van der Waals surface area contributed by atoms with Gasteiger partial charge in [0.25, 0.3) is 5.91 Å². The van der Waals surface area contributed by atoms with Crippen molar-refractivity contribution in [3.8, 4) is 5.75 Å². The SMILES string of the molecule is O=C(COc1cccc(Cl)c1)N1CCN(c2cc3c(nn2)CCC3)CC1. The number of aromatic nitrogens is 2. The third-order valence-electron chi connectivity index (χ3n) is 4.92. The van der Waals surface area contributed by atoms with E-state index in [0.717, 1.165) is 37.4 Å². The van der Waals surface area contributed by atoms with E-state index in [1.54, 1.807) is 24.3 Å². The fourth-order valence-corrected chi connectivity index (χ4v) is 3.63. The number of fused-ring (bicyclic) bond motifs is 1. The molecule has 2 aliphatic rings. The Morgan fingerprint density at radius 3 is 2.77 bits per heavy atom. The molecule has 136 valence electrons. The second-order valence-corrected chi connectivity index (χ2v) is 7.08. The van der Waals surface area contributed by atoms with Gasteiger partial charge in [-0.25, -0.2) is 0 Å². The molecule has 1 aliphatic heterocycles. The Hall–Kier alpha value is -2.34. The van der Waals surface area contributed by atoms with Crippen molar-refractivity contribution >= 4 is 23.3 Å². The van der Waals surface area contributed by atoms with Crippen LogP contribution >= 0.6 is 11.6 Å². The molecule has 6 nitrogen and oxygen atoms in total. The number of carbonyl (C=O) groups excluding carboxylic acids is 1. The molecule has 1 saturated heterocycles. The summed E-state index contributed by atoms with van der Waals surface area (Å²) < 4.78 is 5.55. The Kier molecular flexibility index (Phi) is 4.93. The molecule has 0 radical (unpaired) electrons. The van der Waals surface area contributed by atoms with Crippen LogP contribution in [-0.4, -0.2) is 53.8 Å². The molecule has 1 amide bonds. The van der Waals surface area contributed by atoms with Crippen LogP contribution in [0.5, 0.6) is 5.75 Å². The maximum atomic E-state index is 12.4. The van der Waals surface area contributed by atoms with Crippen molar-refractivity contribution in [2.45, 2.75) is 19.3 Å². The highest BCUT2D eigenvalue weighted by Crippen LogP contribution is 2.23. The van der Waals surface area contributed by atoms with Gasteiger partial charge in [0.1, 0.15) is 5.75 Å². The molecule has 1 aliphatic carbocycles. The predicted octanol–water partition coefficient (Wildman–Crippen LogP) is 2.35. The second kappa shape index (κ2) is 7.50. The number of anilines is 1. The number of rotatable bonds is 4. The van der Waals surface area contributed by atoms with Crippen molar-refractivity contribution < 1.29 is 9.53 Å².